The molecule has 5 nitrogen and oxygen atoms in total. The van der Waals surface area contributed by atoms with Crippen LogP contribution in [-0.4, -0.2) is 14.9 Å². The fraction of sp³-hybridized carbons (Fsp3) is 0.143. The Morgan fingerprint density at radius 2 is 2.67 bits per heavy atom. The molecule has 61 valence electrons. The van der Waals surface area contributed by atoms with Gasteiger partial charge in [0.15, 0.2) is 6.61 Å². The summed E-state index contributed by atoms with van der Waals surface area (Å²) in [7, 11) is 0. The second kappa shape index (κ2) is 3.08. The molecule has 0 saturated carbocycles. The highest BCUT2D eigenvalue weighted by atomic mass is 16.7. The molecule has 0 aromatic carbocycles. The van der Waals surface area contributed by atoms with E-state index in [4.69, 9.17) is 9.25 Å². The smallest absolute Gasteiger partial charge is 0.235 e. The third kappa shape index (κ3) is 1.45. The van der Waals surface area contributed by atoms with Gasteiger partial charge in [0.05, 0.1) is 12.4 Å². The van der Waals surface area contributed by atoms with Crippen LogP contribution in [0.4, 0.5) is 0 Å². The fourth-order valence-corrected chi connectivity index (χ4v) is 0.738. The highest BCUT2D eigenvalue weighted by molar-refractivity contribution is 4.77. The molecule has 0 amide bonds. The summed E-state index contributed by atoms with van der Waals surface area (Å²) in [5.74, 6) is 0.519. The van der Waals surface area contributed by atoms with Gasteiger partial charge in [-0.3, -0.25) is 0 Å². The van der Waals surface area contributed by atoms with Crippen LogP contribution >= 0.6 is 0 Å². The average Bonchev–Trinajstić information content (AvgIpc) is 2.74. The molecular formula is C7H6N3O2. The first-order valence-corrected chi connectivity index (χ1v) is 3.38. The second-order valence-electron chi connectivity index (χ2n) is 2.05. The van der Waals surface area contributed by atoms with Gasteiger partial charge in [0, 0.05) is 0 Å². The zero-order chi connectivity index (χ0) is 8.23. The van der Waals surface area contributed by atoms with Crippen LogP contribution in [0.1, 0.15) is 5.89 Å². The van der Waals surface area contributed by atoms with Crippen LogP contribution in [0.15, 0.2) is 29.1 Å². The van der Waals surface area contributed by atoms with Crippen LogP contribution in [0.3, 0.4) is 0 Å². The number of oxazole rings is 1. The number of rotatable bonds is 3. The topological polar surface area (TPSA) is 53.1 Å². The first kappa shape index (κ1) is 6.90. The Morgan fingerprint density at radius 3 is 3.33 bits per heavy atom. The molecule has 2 aromatic rings. The van der Waals surface area contributed by atoms with E-state index in [1.54, 1.807) is 18.5 Å². The Hall–Kier alpha value is -1.78. The third-order valence-corrected chi connectivity index (χ3v) is 1.24. The van der Waals surface area contributed by atoms with Crippen molar-refractivity contribution in [2.75, 3.05) is 0 Å². The SMILES string of the molecule is [c]1ccn(OCc2ncco2)n1. The molecule has 0 aliphatic carbocycles. The van der Waals surface area contributed by atoms with Gasteiger partial charge in [0.1, 0.15) is 12.5 Å². The summed E-state index contributed by atoms with van der Waals surface area (Å²) in [6, 6.07) is 1.65. The molecule has 2 heterocycles. The lowest BCUT2D eigenvalue weighted by molar-refractivity contribution is 0.0565. The molecule has 5 heteroatoms. The van der Waals surface area contributed by atoms with E-state index in [-0.39, 0.29) is 6.61 Å². The van der Waals surface area contributed by atoms with Gasteiger partial charge in [0.2, 0.25) is 5.89 Å². The van der Waals surface area contributed by atoms with Crippen LogP contribution < -0.4 is 4.84 Å². The summed E-state index contributed by atoms with van der Waals surface area (Å²) in [6.45, 7) is 0.266. The molecule has 12 heavy (non-hydrogen) atoms. The predicted molar refractivity (Wildman–Crippen MR) is 37.9 cm³/mol. The van der Waals surface area contributed by atoms with Gasteiger partial charge in [-0.05, 0) is 6.07 Å². The molecule has 0 aliphatic heterocycles. The van der Waals surface area contributed by atoms with Gasteiger partial charge in [-0.15, -0.1) is 9.94 Å². The van der Waals surface area contributed by atoms with Crippen molar-refractivity contribution in [1.82, 2.24) is 14.9 Å². The highest BCUT2D eigenvalue weighted by Gasteiger charge is 1.97. The Kier molecular flexibility index (Phi) is 1.77. The molecule has 0 bridgehead atoms. The van der Waals surface area contributed by atoms with E-state index in [1.165, 1.54) is 11.1 Å². The van der Waals surface area contributed by atoms with Gasteiger partial charge in [-0.1, -0.05) is 0 Å². The maximum atomic E-state index is 5.11. The van der Waals surface area contributed by atoms with Crippen LogP contribution in [0.25, 0.3) is 0 Å². The predicted octanol–water partition coefficient (Wildman–Crippen LogP) is 0.300. The molecule has 0 N–H and O–H groups in total. The molecule has 0 unspecified atom stereocenters. The Morgan fingerprint density at radius 1 is 1.67 bits per heavy atom. The summed E-state index contributed by atoms with van der Waals surface area (Å²) >= 11 is 0. The lowest BCUT2D eigenvalue weighted by Crippen LogP contribution is -2.11. The average molecular weight is 164 g/mol. The van der Waals surface area contributed by atoms with Crippen molar-refractivity contribution < 1.29 is 9.25 Å². The number of aromatic nitrogens is 3. The fourth-order valence-electron chi connectivity index (χ4n) is 0.738. The van der Waals surface area contributed by atoms with E-state index in [9.17, 15) is 0 Å². The van der Waals surface area contributed by atoms with Gasteiger partial charge in [-0.2, -0.15) is 0 Å². The maximum Gasteiger partial charge on any atom is 0.235 e. The molecule has 0 aliphatic rings. The van der Waals surface area contributed by atoms with E-state index < -0.39 is 0 Å². The van der Waals surface area contributed by atoms with Crippen molar-refractivity contribution in [3.05, 3.63) is 36.8 Å². The maximum absolute atomic E-state index is 5.11. The van der Waals surface area contributed by atoms with Gasteiger partial charge < -0.3 is 9.25 Å². The van der Waals surface area contributed by atoms with E-state index in [0.29, 0.717) is 5.89 Å². The Bertz CT molecular complexity index is 280. The molecule has 0 spiro atoms. The molecule has 0 fully saturated rings. The quantitative estimate of drug-likeness (QED) is 0.654. The zero-order valence-corrected chi connectivity index (χ0v) is 6.17. The number of hydrogen-bond acceptors (Lipinski definition) is 4. The first-order valence-electron chi connectivity index (χ1n) is 3.38. The number of hydrogen-bond donors (Lipinski definition) is 0. The van der Waals surface area contributed by atoms with Crippen molar-refractivity contribution in [3.8, 4) is 0 Å². The van der Waals surface area contributed by atoms with Crippen LogP contribution in [0.2, 0.25) is 0 Å². The monoisotopic (exact) mass is 164 g/mol. The highest BCUT2D eigenvalue weighted by Crippen LogP contribution is 1.94. The lowest BCUT2D eigenvalue weighted by atomic mass is 10.7. The van der Waals surface area contributed by atoms with Crippen molar-refractivity contribution in [2.24, 2.45) is 0 Å². The second-order valence-corrected chi connectivity index (χ2v) is 2.05. The van der Waals surface area contributed by atoms with Gasteiger partial charge in [0.25, 0.3) is 0 Å². The van der Waals surface area contributed by atoms with Crippen molar-refractivity contribution in [1.29, 1.82) is 0 Å². The Balaban J connectivity index is 1.91. The lowest BCUT2D eigenvalue weighted by Gasteiger charge is -1.99. The van der Waals surface area contributed by atoms with Crippen molar-refractivity contribution >= 4 is 0 Å². The van der Waals surface area contributed by atoms with E-state index >= 15 is 0 Å². The third-order valence-electron chi connectivity index (χ3n) is 1.24. The molecular weight excluding hydrogens is 158 g/mol. The Labute approximate surface area is 68.5 Å². The van der Waals surface area contributed by atoms with E-state index in [2.05, 4.69) is 16.3 Å². The molecule has 2 aromatic heterocycles. The number of nitrogens with zero attached hydrogens (tertiary/aromatic N) is 3. The van der Waals surface area contributed by atoms with Crippen LogP contribution in [0, 0.1) is 6.20 Å². The normalized spacial score (nSPS) is 10.0. The van der Waals surface area contributed by atoms with Crippen LogP contribution in [-0.2, 0) is 6.61 Å². The molecule has 0 saturated heterocycles. The van der Waals surface area contributed by atoms with Gasteiger partial charge >= 0.3 is 0 Å². The first-order chi connectivity index (χ1) is 5.95. The summed E-state index contributed by atoms with van der Waals surface area (Å²) in [5, 5.41) is 3.72. The molecule has 1 radical (unpaired) electrons. The zero-order valence-electron chi connectivity index (χ0n) is 6.17. The summed E-state index contributed by atoms with van der Waals surface area (Å²) < 4.78 is 4.94. The largest absolute Gasteiger partial charge is 0.445 e. The minimum atomic E-state index is 0.266. The molecule has 2 rings (SSSR count). The minimum absolute atomic E-state index is 0.266. The summed E-state index contributed by atoms with van der Waals surface area (Å²) in [6.07, 6.45) is 7.30. The van der Waals surface area contributed by atoms with Crippen LogP contribution in [0.5, 0.6) is 0 Å². The standard InChI is InChI=1S/C7H6N3O2/c1-2-9-10(4-1)12-6-7-8-3-5-11-7/h1,3-5H,6H2. The van der Waals surface area contributed by atoms with Gasteiger partial charge in [-0.25, -0.2) is 4.98 Å². The van der Waals surface area contributed by atoms with Crippen molar-refractivity contribution in [3.63, 3.8) is 0 Å². The van der Waals surface area contributed by atoms with E-state index in [0.717, 1.165) is 0 Å². The van der Waals surface area contributed by atoms with E-state index in [1.807, 2.05) is 0 Å². The summed E-state index contributed by atoms with van der Waals surface area (Å²) in [4.78, 5) is 10.3. The molecule has 0 atom stereocenters. The van der Waals surface area contributed by atoms with Crippen molar-refractivity contribution in [2.45, 2.75) is 6.61 Å². The summed E-state index contributed by atoms with van der Waals surface area (Å²) in [5.41, 5.74) is 0. The minimum Gasteiger partial charge on any atom is -0.445 e.